The second-order valence-corrected chi connectivity index (χ2v) is 6.47. The summed E-state index contributed by atoms with van der Waals surface area (Å²) >= 11 is 6.92. The van der Waals surface area contributed by atoms with Crippen molar-refractivity contribution in [2.75, 3.05) is 0 Å². The summed E-state index contributed by atoms with van der Waals surface area (Å²) < 4.78 is 0.125. The normalized spacial score (nSPS) is 12.9. The van der Waals surface area contributed by atoms with Crippen LogP contribution < -0.4 is 0 Å². The Bertz CT molecular complexity index is 51.6. The topological polar surface area (TPSA) is 0 Å². The van der Waals surface area contributed by atoms with E-state index >= 15 is 0 Å². The molecule has 44 valence electrons. The highest BCUT2D eigenvalue weighted by atomic mass is 79.9. The molecule has 0 aliphatic carbocycles. The van der Waals surface area contributed by atoms with Crippen LogP contribution in [0.25, 0.3) is 0 Å². The van der Waals surface area contributed by atoms with Crippen LogP contribution in [0.5, 0.6) is 0 Å². The van der Waals surface area contributed by atoms with Gasteiger partial charge in [-0.25, -0.2) is 0 Å². The fourth-order valence-corrected chi connectivity index (χ4v) is 0. The maximum atomic E-state index is 3.46. The van der Waals surface area contributed by atoms with Gasteiger partial charge < -0.3 is 0 Å². The zero-order valence-corrected chi connectivity index (χ0v) is 8.01. The summed E-state index contributed by atoms with van der Waals surface area (Å²) in [5, 5.41) is 0. The summed E-state index contributed by atoms with van der Waals surface area (Å²) in [6.07, 6.45) is 0. The lowest BCUT2D eigenvalue weighted by atomic mass is 10.2. The number of halogens is 2. The Labute approximate surface area is 61.9 Å². The minimum absolute atomic E-state index is 0.125. The minimum Gasteiger partial charge on any atom is -0.0728 e. The molecule has 0 aliphatic rings. The number of hydrogen-bond acceptors (Lipinski definition) is 0. The quantitative estimate of drug-likeness (QED) is 0.607. The van der Waals surface area contributed by atoms with Crippen molar-refractivity contribution >= 4 is 31.9 Å². The third kappa shape index (κ3) is 3.53. The molecule has 7 heavy (non-hydrogen) atoms. The number of hydrogen-bond donors (Lipinski definition) is 0. The van der Waals surface area contributed by atoms with Gasteiger partial charge in [-0.05, 0) is 12.8 Å². The van der Waals surface area contributed by atoms with Crippen LogP contribution in [0.3, 0.4) is 0 Å². The standard InChI is InChI=1S/C5H10Br2/c1-4(2)5(3,6)7/h4H,1-3H3. The smallest absolute Gasteiger partial charge is 0.0728 e. The molecule has 0 amide bonds. The van der Waals surface area contributed by atoms with Crippen molar-refractivity contribution in [2.45, 2.75) is 24.0 Å². The van der Waals surface area contributed by atoms with E-state index in [-0.39, 0.29) is 3.23 Å². The molecule has 0 spiro atoms. The van der Waals surface area contributed by atoms with E-state index < -0.39 is 0 Å². The molecule has 0 bridgehead atoms. The van der Waals surface area contributed by atoms with E-state index in [9.17, 15) is 0 Å². The molecule has 0 aliphatic heterocycles. The summed E-state index contributed by atoms with van der Waals surface area (Å²) in [5.74, 6) is 0.632. The predicted octanol–water partition coefficient (Wildman–Crippen LogP) is 3.15. The molecule has 0 saturated heterocycles. The molecule has 2 heteroatoms. The first-order chi connectivity index (χ1) is 2.94. The molecule has 0 N–H and O–H groups in total. The van der Waals surface area contributed by atoms with Crippen LogP contribution in [0.4, 0.5) is 0 Å². The van der Waals surface area contributed by atoms with Gasteiger partial charge in [-0.1, -0.05) is 45.7 Å². The maximum absolute atomic E-state index is 3.46. The molecular weight excluding hydrogens is 220 g/mol. The van der Waals surface area contributed by atoms with Crippen molar-refractivity contribution in [3.05, 3.63) is 0 Å². The van der Waals surface area contributed by atoms with Crippen molar-refractivity contribution in [2.24, 2.45) is 5.92 Å². The van der Waals surface area contributed by atoms with E-state index in [2.05, 4.69) is 52.6 Å². The van der Waals surface area contributed by atoms with Crippen molar-refractivity contribution in [3.8, 4) is 0 Å². The molecule has 0 fully saturated rings. The van der Waals surface area contributed by atoms with Gasteiger partial charge in [0.15, 0.2) is 0 Å². The SMILES string of the molecule is CC(C)C(C)(Br)Br. The summed E-state index contributed by atoms with van der Waals surface area (Å²) in [6, 6.07) is 0. The Hall–Kier alpha value is 0.960. The molecule has 0 heterocycles. The maximum Gasteiger partial charge on any atom is 0.0800 e. The van der Waals surface area contributed by atoms with Crippen LogP contribution in [-0.2, 0) is 0 Å². The predicted molar refractivity (Wildman–Crippen MR) is 41.1 cm³/mol. The minimum atomic E-state index is 0.125. The van der Waals surface area contributed by atoms with Crippen molar-refractivity contribution in [1.82, 2.24) is 0 Å². The van der Waals surface area contributed by atoms with E-state index in [1.54, 1.807) is 0 Å². The van der Waals surface area contributed by atoms with E-state index in [4.69, 9.17) is 0 Å². The Morgan fingerprint density at radius 1 is 1.29 bits per heavy atom. The lowest BCUT2D eigenvalue weighted by Gasteiger charge is -2.17. The largest absolute Gasteiger partial charge is 0.0800 e. The molecule has 0 aromatic heterocycles. The van der Waals surface area contributed by atoms with Crippen LogP contribution in [0.1, 0.15) is 20.8 Å². The molecule has 0 saturated carbocycles. The first kappa shape index (κ1) is 7.96. The highest BCUT2D eigenvalue weighted by Gasteiger charge is 2.18. The monoisotopic (exact) mass is 228 g/mol. The molecule has 0 rings (SSSR count). The van der Waals surface area contributed by atoms with Gasteiger partial charge in [-0.15, -0.1) is 0 Å². The van der Waals surface area contributed by atoms with Crippen molar-refractivity contribution in [3.63, 3.8) is 0 Å². The van der Waals surface area contributed by atoms with Gasteiger partial charge in [-0.2, -0.15) is 0 Å². The average molecular weight is 230 g/mol. The summed E-state index contributed by atoms with van der Waals surface area (Å²) in [4.78, 5) is 0. The molecule has 0 nitrogen and oxygen atoms in total. The van der Waals surface area contributed by atoms with Gasteiger partial charge in [0.2, 0.25) is 0 Å². The second kappa shape index (κ2) is 2.49. The number of rotatable bonds is 1. The van der Waals surface area contributed by atoms with Gasteiger partial charge in [0, 0.05) is 0 Å². The summed E-state index contributed by atoms with van der Waals surface area (Å²) in [7, 11) is 0. The zero-order valence-electron chi connectivity index (χ0n) is 4.83. The van der Waals surface area contributed by atoms with Gasteiger partial charge in [0.1, 0.15) is 0 Å². The van der Waals surface area contributed by atoms with E-state index in [1.807, 2.05) is 0 Å². The third-order valence-electron chi connectivity index (χ3n) is 1.01. The molecule has 0 radical (unpaired) electrons. The van der Waals surface area contributed by atoms with E-state index in [1.165, 1.54) is 0 Å². The Kier molecular flexibility index (Phi) is 2.83. The van der Waals surface area contributed by atoms with Crippen molar-refractivity contribution < 1.29 is 0 Å². The van der Waals surface area contributed by atoms with E-state index in [0.29, 0.717) is 5.92 Å². The average Bonchev–Trinajstić information content (AvgIpc) is 1.31. The first-order valence-electron chi connectivity index (χ1n) is 2.32. The van der Waals surface area contributed by atoms with Crippen LogP contribution >= 0.6 is 31.9 Å². The summed E-state index contributed by atoms with van der Waals surface area (Å²) in [5.41, 5.74) is 0. The summed E-state index contributed by atoms with van der Waals surface area (Å²) in [6.45, 7) is 6.41. The fourth-order valence-electron chi connectivity index (χ4n) is 0. The van der Waals surface area contributed by atoms with Crippen LogP contribution in [0.2, 0.25) is 0 Å². The van der Waals surface area contributed by atoms with Gasteiger partial charge in [0.25, 0.3) is 0 Å². The van der Waals surface area contributed by atoms with E-state index in [0.717, 1.165) is 0 Å². The van der Waals surface area contributed by atoms with Gasteiger partial charge >= 0.3 is 0 Å². The second-order valence-electron chi connectivity index (χ2n) is 2.11. The van der Waals surface area contributed by atoms with Crippen LogP contribution in [0, 0.1) is 5.92 Å². The lowest BCUT2D eigenvalue weighted by Crippen LogP contribution is -2.12. The Balaban J connectivity index is 3.54. The van der Waals surface area contributed by atoms with Crippen LogP contribution in [0.15, 0.2) is 0 Å². The van der Waals surface area contributed by atoms with Gasteiger partial charge in [-0.3, -0.25) is 0 Å². The molecule has 0 atom stereocenters. The van der Waals surface area contributed by atoms with Gasteiger partial charge in [0.05, 0.1) is 3.23 Å². The zero-order chi connectivity index (χ0) is 6.08. The highest BCUT2D eigenvalue weighted by molar-refractivity contribution is 9.25. The number of alkyl halides is 2. The molecule has 0 unspecified atom stereocenters. The highest BCUT2D eigenvalue weighted by Crippen LogP contribution is 2.32. The first-order valence-corrected chi connectivity index (χ1v) is 3.91. The Morgan fingerprint density at radius 2 is 1.43 bits per heavy atom. The molecule has 0 aromatic rings. The molecule has 0 aromatic carbocycles. The lowest BCUT2D eigenvalue weighted by molar-refractivity contribution is 0.623. The molecular formula is C5H10Br2. The van der Waals surface area contributed by atoms with Crippen LogP contribution in [-0.4, -0.2) is 3.23 Å². The van der Waals surface area contributed by atoms with Crippen molar-refractivity contribution in [1.29, 1.82) is 0 Å². The fraction of sp³-hybridized carbons (Fsp3) is 1.00. The third-order valence-corrected chi connectivity index (χ3v) is 2.85. The Morgan fingerprint density at radius 3 is 1.43 bits per heavy atom.